The molecule has 3 atom stereocenters. The van der Waals surface area contributed by atoms with E-state index in [9.17, 15) is 0 Å². The lowest BCUT2D eigenvalue weighted by atomic mass is 9.81. The fraction of sp³-hybridized carbons (Fsp3) is 0.314. The zero-order valence-electron chi connectivity index (χ0n) is 20.9. The van der Waals surface area contributed by atoms with Gasteiger partial charge in [-0.1, -0.05) is 105 Å². The van der Waals surface area contributed by atoms with Crippen molar-refractivity contribution in [2.24, 2.45) is 11.8 Å². The first-order valence-electron chi connectivity index (χ1n) is 13.5. The van der Waals surface area contributed by atoms with E-state index in [2.05, 4.69) is 105 Å². The molecule has 0 heteroatoms. The number of hydrogen-bond acceptors (Lipinski definition) is 0. The summed E-state index contributed by atoms with van der Waals surface area (Å²) in [7, 11) is 0. The monoisotopic (exact) mass is 454 g/mol. The van der Waals surface area contributed by atoms with Gasteiger partial charge in [0.1, 0.15) is 0 Å². The van der Waals surface area contributed by atoms with Gasteiger partial charge < -0.3 is 0 Å². The second-order valence-electron chi connectivity index (χ2n) is 11.8. The first-order chi connectivity index (χ1) is 17.1. The van der Waals surface area contributed by atoms with Crippen LogP contribution in [0.3, 0.4) is 0 Å². The fourth-order valence-electron chi connectivity index (χ4n) is 7.47. The largest absolute Gasteiger partial charge is 0.0619 e. The van der Waals surface area contributed by atoms with Crippen molar-refractivity contribution >= 4 is 0 Å². The molecule has 2 bridgehead atoms. The van der Waals surface area contributed by atoms with Gasteiger partial charge in [-0.25, -0.2) is 0 Å². The van der Waals surface area contributed by atoms with Crippen molar-refractivity contribution in [3.8, 4) is 22.3 Å². The van der Waals surface area contributed by atoms with Crippen LogP contribution >= 0.6 is 0 Å². The molecule has 0 saturated heterocycles. The molecule has 0 nitrogen and oxygen atoms in total. The summed E-state index contributed by atoms with van der Waals surface area (Å²) >= 11 is 0. The van der Waals surface area contributed by atoms with E-state index < -0.39 is 0 Å². The molecule has 3 aliphatic rings. The van der Waals surface area contributed by atoms with Crippen LogP contribution in [-0.4, -0.2) is 0 Å². The van der Waals surface area contributed by atoms with Crippen molar-refractivity contribution in [2.75, 3.05) is 0 Å². The number of hydrogen-bond donors (Lipinski definition) is 0. The zero-order valence-corrected chi connectivity index (χ0v) is 20.9. The zero-order chi connectivity index (χ0) is 23.6. The Morgan fingerprint density at radius 3 is 2.06 bits per heavy atom. The molecule has 2 fully saturated rings. The molecule has 0 spiro atoms. The van der Waals surface area contributed by atoms with E-state index in [-0.39, 0.29) is 5.41 Å². The molecule has 0 heterocycles. The summed E-state index contributed by atoms with van der Waals surface area (Å²) in [5, 5.41) is 0. The quantitative estimate of drug-likeness (QED) is 0.288. The summed E-state index contributed by atoms with van der Waals surface area (Å²) in [6.07, 6.45) is 6.85. The van der Waals surface area contributed by atoms with Crippen LogP contribution in [0.25, 0.3) is 22.3 Å². The molecule has 0 radical (unpaired) electrons. The molecular weight excluding hydrogens is 420 g/mol. The van der Waals surface area contributed by atoms with Crippen molar-refractivity contribution in [1.29, 1.82) is 0 Å². The molecule has 0 aromatic heterocycles. The highest BCUT2D eigenvalue weighted by atomic mass is 14.4. The highest BCUT2D eigenvalue weighted by Crippen LogP contribution is 2.53. The molecule has 2 saturated carbocycles. The van der Waals surface area contributed by atoms with E-state index in [0.717, 1.165) is 24.2 Å². The molecule has 0 N–H and O–H groups in total. The second kappa shape index (κ2) is 7.95. The Labute approximate surface area is 210 Å². The predicted molar refractivity (Wildman–Crippen MR) is 147 cm³/mol. The number of fused-ring (bicyclic) bond motifs is 5. The Morgan fingerprint density at radius 2 is 1.34 bits per heavy atom. The molecule has 0 aliphatic heterocycles. The van der Waals surface area contributed by atoms with Gasteiger partial charge in [0.2, 0.25) is 0 Å². The summed E-state index contributed by atoms with van der Waals surface area (Å²) in [5.41, 5.74) is 12.7. The third-order valence-corrected chi connectivity index (χ3v) is 9.42. The lowest BCUT2D eigenvalue weighted by Crippen LogP contribution is -2.14. The number of rotatable bonds is 4. The standard InChI is InChI=1S/C35H34/c1-35(2)33-6-4-3-5-30(33)31-18-17-28(22-34(31)35)26-12-7-23(8-13-26)19-24-9-14-27(15-10-24)32-21-25-11-16-29(32)20-25/h3-10,12-15,17-18,22,25,29,32H,11,16,19-21H2,1-2H3. The average molecular weight is 455 g/mol. The van der Waals surface area contributed by atoms with Crippen molar-refractivity contribution in [3.63, 3.8) is 0 Å². The van der Waals surface area contributed by atoms with Gasteiger partial charge in [-0.05, 0) is 99.6 Å². The lowest BCUT2D eigenvalue weighted by molar-refractivity contribution is 0.420. The van der Waals surface area contributed by atoms with Crippen LogP contribution in [-0.2, 0) is 11.8 Å². The van der Waals surface area contributed by atoms with Crippen LogP contribution in [0.5, 0.6) is 0 Å². The van der Waals surface area contributed by atoms with Gasteiger partial charge in [-0.3, -0.25) is 0 Å². The van der Waals surface area contributed by atoms with Crippen molar-refractivity contribution in [3.05, 3.63) is 119 Å². The molecular formula is C35H34. The minimum Gasteiger partial charge on any atom is -0.0619 e. The van der Waals surface area contributed by atoms with E-state index >= 15 is 0 Å². The molecule has 7 rings (SSSR count). The third kappa shape index (κ3) is 3.49. The molecule has 35 heavy (non-hydrogen) atoms. The van der Waals surface area contributed by atoms with Crippen LogP contribution in [0.4, 0.5) is 0 Å². The molecule has 4 aromatic carbocycles. The van der Waals surface area contributed by atoms with Gasteiger partial charge in [0.05, 0.1) is 0 Å². The van der Waals surface area contributed by atoms with Crippen molar-refractivity contribution < 1.29 is 0 Å². The van der Waals surface area contributed by atoms with Crippen molar-refractivity contribution in [2.45, 2.75) is 57.3 Å². The highest BCUT2D eigenvalue weighted by Gasteiger charge is 2.40. The summed E-state index contributed by atoms with van der Waals surface area (Å²) < 4.78 is 0. The fourth-order valence-corrected chi connectivity index (χ4v) is 7.47. The van der Waals surface area contributed by atoms with Gasteiger partial charge in [-0.15, -0.1) is 0 Å². The summed E-state index contributed by atoms with van der Waals surface area (Å²) in [6.45, 7) is 4.71. The topological polar surface area (TPSA) is 0 Å². The Morgan fingerprint density at radius 1 is 0.657 bits per heavy atom. The van der Waals surface area contributed by atoms with E-state index in [1.807, 2.05) is 0 Å². The van der Waals surface area contributed by atoms with Crippen LogP contribution in [0.2, 0.25) is 0 Å². The smallest absolute Gasteiger partial charge is 0.0159 e. The minimum absolute atomic E-state index is 0.0477. The Hall–Kier alpha value is -3.12. The molecule has 0 amide bonds. The maximum atomic E-state index is 2.42. The maximum absolute atomic E-state index is 2.42. The minimum atomic E-state index is 0.0477. The van der Waals surface area contributed by atoms with Gasteiger partial charge in [0.25, 0.3) is 0 Å². The molecule has 4 aromatic rings. The van der Waals surface area contributed by atoms with E-state index in [1.54, 1.807) is 5.56 Å². The van der Waals surface area contributed by atoms with Crippen LogP contribution in [0.1, 0.15) is 73.3 Å². The summed E-state index contributed by atoms with van der Waals surface area (Å²) in [5.74, 6) is 2.79. The first kappa shape index (κ1) is 21.2. The van der Waals surface area contributed by atoms with E-state index in [4.69, 9.17) is 0 Å². The summed E-state index contributed by atoms with van der Waals surface area (Å²) in [4.78, 5) is 0. The number of benzene rings is 4. The molecule has 3 aliphatic carbocycles. The Bertz CT molecular complexity index is 1390. The van der Waals surface area contributed by atoms with Crippen LogP contribution in [0.15, 0.2) is 91.0 Å². The second-order valence-corrected chi connectivity index (χ2v) is 11.8. The van der Waals surface area contributed by atoms with E-state index in [0.29, 0.717) is 0 Å². The SMILES string of the molecule is CC1(C)c2ccccc2-c2ccc(-c3ccc(Cc4ccc(C5CC6CCC5C6)cc4)cc3)cc21. The highest BCUT2D eigenvalue weighted by molar-refractivity contribution is 5.83. The van der Waals surface area contributed by atoms with Gasteiger partial charge in [0, 0.05) is 5.41 Å². The van der Waals surface area contributed by atoms with Crippen molar-refractivity contribution in [1.82, 2.24) is 0 Å². The lowest BCUT2D eigenvalue weighted by Gasteiger charge is -2.22. The third-order valence-electron chi connectivity index (χ3n) is 9.42. The van der Waals surface area contributed by atoms with Crippen LogP contribution in [0, 0.1) is 11.8 Å². The maximum Gasteiger partial charge on any atom is 0.0159 e. The first-order valence-corrected chi connectivity index (χ1v) is 13.5. The molecule has 174 valence electrons. The average Bonchev–Trinajstić information content (AvgIpc) is 3.58. The molecule has 3 unspecified atom stereocenters. The normalized spacial score (nSPS) is 23.3. The summed E-state index contributed by atoms with van der Waals surface area (Å²) in [6, 6.07) is 34.7. The Kier molecular flexibility index (Phi) is 4.81. The van der Waals surface area contributed by atoms with Gasteiger partial charge in [-0.2, -0.15) is 0 Å². The van der Waals surface area contributed by atoms with E-state index in [1.165, 1.54) is 70.2 Å². The van der Waals surface area contributed by atoms with Gasteiger partial charge >= 0.3 is 0 Å². The van der Waals surface area contributed by atoms with Gasteiger partial charge in [0.15, 0.2) is 0 Å². The van der Waals surface area contributed by atoms with Crippen LogP contribution < -0.4 is 0 Å². The predicted octanol–water partition coefficient (Wildman–Crippen LogP) is 9.15. The Balaban J connectivity index is 1.09.